The van der Waals surface area contributed by atoms with Crippen LogP contribution >= 0.6 is 0 Å². The summed E-state index contributed by atoms with van der Waals surface area (Å²) in [7, 11) is 0. The van der Waals surface area contributed by atoms with E-state index in [0.717, 1.165) is 11.1 Å². The van der Waals surface area contributed by atoms with Gasteiger partial charge in [-0.05, 0) is 79.6 Å². The molecule has 1 heterocycles. The van der Waals surface area contributed by atoms with Gasteiger partial charge in [-0.2, -0.15) is 5.10 Å². The number of halogens is 1. The van der Waals surface area contributed by atoms with E-state index in [1.54, 1.807) is 24.3 Å². The molecule has 0 atom stereocenters. The summed E-state index contributed by atoms with van der Waals surface area (Å²) in [5.41, 5.74) is 4.57. The molecule has 0 bridgehead atoms. The van der Waals surface area contributed by atoms with Crippen LogP contribution in [0.15, 0.2) is 72.9 Å². The fourth-order valence-corrected chi connectivity index (χ4v) is 3.29. The van der Waals surface area contributed by atoms with Crippen molar-refractivity contribution in [1.82, 2.24) is 9.78 Å². The zero-order chi connectivity index (χ0) is 22.8. The normalized spacial score (nSPS) is 10.7. The highest BCUT2D eigenvalue weighted by atomic mass is 19.1. The third kappa shape index (κ3) is 4.27. The monoisotopic (exact) mass is 429 g/mol. The summed E-state index contributed by atoms with van der Waals surface area (Å²) in [6.07, 6.45) is 1.54. The number of aromatic carboxylic acids is 1. The topological polar surface area (TPSA) is 84.2 Å². The molecular formula is C25H20FN3O3. The number of hydrogen-bond donors (Lipinski definition) is 2. The van der Waals surface area contributed by atoms with Gasteiger partial charge < -0.3 is 10.4 Å². The number of benzene rings is 3. The van der Waals surface area contributed by atoms with Gasteiger partial charge in [0.1, 0.15) is 11.5 Å². The number of aromatic nitrogens is 2. The Hall–Kier alpha value is -4.26. The minimum Gasteiger partial charge on any atom is -0.478 e. The molecule has 1 amide bonds. The fourth-order valence-electron chi connectivity index (χ4n) is 3.29. The Balaban J connectivity index is 1.78. The van der Waals surface area contributed by atoms with Crippen LogP contribution in [0.4, 0.5) is 10.1 Å². The second kappa shape index (κ2) is 8.47. The van der Waals surface area contributed by atoms with Crippen LogP contribution < -0.4 is 5.32 Å². The summed E-state index contributed by atoms with van der Waals surface area (Å²) in [5, 5.41) is 16.7. The number of carboxylic acid groups (broad SMARTS) is 1. The molecule has 32 heavy (non-hydrogen) atoms. The Bertz CT molecular complexity index is 1330. The summed E-state index contributed by atoms with van der Waals surface area (Å²) in [6.45, 7) is 3.95. The van der Waals surface area contributed by atoms with E-state index in [1.165, 1.54) is 35.1 Å². The maximum atomic E-state index is 13.4. The largest absolute Gasteiger partial charge is 0.478 e. The lowest BCUT2D eigenvalue weighted by molar-refractivity contribution is 0.0696. The van der Waals surface area contributed by atoms with Crippen molar-refractivity contribution in [3.05, 3.63) is 101 Å². The van der Waals surface area contributed by atoms with Crippen LogP contribution in [0.5, 0.6) is 0 Å². The molecule has 0 radical (unpaired) electrons. The molecule has 0 saturated heterocycles. The standard InChI is InChI=1S/C25H20FN3O3/c1-15-6-11-20(12-16(15)2)27-24(30)22-14-29(21-5-3-4-18(13-21)25(31)32)28-23(22)17-7-9-19(26)10-8-17/h3-14H,1-2H3,(H,27,30)(H,31,32). The van der Waals surface area contributed by atoms with Gasteiger partial charge in [0, 0.05) is 17.4 Å². The molecular weight excluding hydrogens is 409 g/mol. The lowest BCUT2D eigenvalue weighted by Gasteiger charge is -2.08. The molecule has 160 valence electrons. The van der Waals surface area contributed by atoms with Gasteiger partial charge in [0.15, 0.2) is 0 Å². The average molecular weight is 429 g/mol. The van der Waals surface area contributed by atoms with E-state index in [0.29, 0.717) is 22.6 Å². The molecule has 6 nitrogen and oxygen atoms in total. The van der Waals surface area contributed by atoms with E-state index in [1.807, 2.05) is 32.0 Å². The molecule has 0 fully saturated rings. The Kier molecular flexibility index (Phi) is 5.55. The lowest BCUT2D eigenvalue weighted by atomic mass is 10.1. The van der Waals surface area contributed by atoms with E-state index in [-0.39, 0.29) is 17.0 Å². The first-order valence-electron chi connectivity index (χ1n) is 9.90. The van der Waals surface area contributed by atoms with E-state index in [2.05, 4.69) is 10.4 Å². The van der Waals surface area contributed by atoms with Crippen LogP contribution in [0, 0.1) is 19.7 Å². The van der Waals surface area contributed by atoms with Gasteiger partial charge in [0.05, 0.1) is 16.8 Å². The summed E-state index contributed by atoms with van der Waals surface area (Å²) in [5.74, 6) is -1.85. The molecule has 0 saturated carbocycles. The van der Waals surface area contributed by atoms with Crippen molar-refractivity contribution >= 4 is 17.6 Å². The van der Waals surface area contributed by atoms with Crippen LogP contribution in [0.2, 0.25) is 0 Å². The van der Waals surface area contributed by atoms with Gasteiger partial charge in [-0.25, -0.2) is 13.9 Å². The van der Waals surface area contributed by atoms with Crippen molar-refractivity contribution in [2.45, 2.75) is 13.8 Å². The summed E-state index contributed by atoms with van der Waals surface area (Å²) < 4.78 is 14.9. The first-order chi connectivity index (χ1) is 15.3. The van der Waals surface area contributed by atoms with E-state index in [9.17, 15) is 19.1 Å². The second-order valence-electron chi connectivity index (χ2n) is 7.45. The maximum Gasteiger partial charge on any atom is 0.335 e. The summed E-state index contributed by atoms with van der Waals surface area (Å²) in [4.78, 5) is 24.5. The van der Waals surface area contributed by atoms with Crippen LogP contribution in [-0.4, -0.2) is 26.8 Å². The Morgan fingerprint density at radius 2 is 1.72 bits per heavy atom. The molecule has 4 aromatic rings. The molecule has 7 heteroatoms. The highest BCUT2D eigenvalue weighted by Gasteiger charge is 2.19. The summed E-state index contributed by atoms with van der Waals surface area (Å²) >= 11 is 0. The predicted molar refractivity (Wildman–Crippen MR) is 120 cm³/mol. The SMILES string of the molecule is Cc1ccc(NC(=O)c2cn(-c3cccc(C(=O)O)c3)nc2-c2ccc(F)cc2)cc1C. The first-order valence-corrected chi connectivity index (χ1v) is 9.90. The van der Waals surface area contributed by atoms with Gasteiger partial charge in [0.25, 0.3) is 5.91 Å². The predicted octanol–water partition coefficient (Wildman–Crippen LogP) is 5.25. The van der Waals surface area contributed by atoms with Crippen LogP contribution in [-0.2, 0) is 0 Å². The van der Waals surface area contributed by atoms with Gasteiger partial charge in [-0.15, -0.1) is 0 Å². The van der Waals surface area contributed by atoms with Gasteiger partial charge >= 0.3 is 5.97 Å². The molecule has 0 aliphatic carbocycles. The van der Waals surface area contributed by atoms with Crippen LogP contribution in [0.3, 0.4) is 0 Å². The highest BCUT2D eigenvalue weighted by molar-refractivity contribution is 6.08. The van der Waals surface area contributed by atoms with Crippen molar-refractivity contribution in [1.29, 1.82) is 0 Å². The number of anilines is 1. The van der Waals surface area contributed by atoms with Crippen LogP contribution in [0.1, 0.15) is 31.8 Å². The molecule has 0 spiro atoms. The third-order valence-electron chi connectivity index (χ3n) is 5.20. The Labute approximate surface area is 184 Å². The van der Waals surface area contributed by atoms with Gasteiger partial charge in [-0.3, -0.25) is 4.79 Å². The zero-order valence-electron chi connectivity index (χ0n) is 17.5. The van der Waals surface area contributed by atoms with E-state index >= 15 is 0 Å². The maximum absolute atomic E-state index is 13.4. The fraction of sp³-hybridized carbons (Fsp3) is 0.0800. The Morgan fingerprint density at radius 3 is 2.41 bits per heavy atom. The number of amides is 1. The molecule has 0 aliphatic rings. The van der Waals surface area contributed by atoms with Crippen molar-refractivity contribution < 1.29 is 19.1 Å². The van der Waals surface area contributed by atoms with Crippen molar-refractivity contribution in [2.75, 3.05) is 5.32 Å². The van der Waals surface area contributed by atoms with Gasteiger partial charge in [-0.1, -0.05) is 12.1 Å². The molecule has 4 rings (SSSR count). The van der Waals surface area contributed by atoms with E-state index in [4.69, 9.17) is 0 Å². The number of rotatable bonds is 5. The minimum absolute atomic E-state index is 0.0995. The zero-order valence-corrected chi connectivity index (χ0v) is 17.5. The molecule has 1 aromatic heterocycles. The van der Waals surface area contributed by atoms with E-state index < -0.39 is 11.8 Å². The van der Waals surface area contributed by atoms with Gasteiger partial charge in [0.2, 0.25) is 0 Å². The van der Waals surface area contributed by atoms with Crippen molar-refractivity contribution in [2.24, 2.45) is 0 Å². The van der Waals surface area contributed by atoms with Crippen molar-refractivity contribution in [3.63, 3.8) is 0 Å². The lowest BCUT2D eigenvalue weighted by Crippen LogP contribution is -2.12. The Morgan fingerprint density at radius 1 is 0.969 bits per heavy atom. The number of nitrogens with one attached hydrogen (secondary N) is 1. The number of nitrogens with zero attached hydrogens (tertiary/aromatic N) is 2. The highest BCUT2D eigenvalue weighted by Crippen LogP contribution is 2.26. The molecule has 0 aliphatic heterocycles. The second-order valence-corrected chi connectivity index (χ2v) is 7.45. The quantitative estimate of drug-likeness (QED) is 0.454. The average Bonchev–Trinajstić information content (AvgIpc) is 3.22. The smallest absolute Gasteiger partial charge is 0.335 e. The number of aryl methyl sites for hydroxylation is 2. The molecule has 3 aromatic carbocycles. The van der Waals surface area contributed by atoms with Crippen LogP contribution in [0.25, 0.3) is 16.9 Å². The number of carbonyl (C=O) groups is 2. The number of carbonyl (C=O) groups excluding carboxylic acids is 1. The minimum atomic E-state index is -1.06. The number of hydrogen-bond acceptors (Lipinski definition) is 3. The molecule has 2 N–H and O–H groups in total. The molecule has 0 unspecified atom stereocenters. The summed E-state index contributed by atoms with van der Waals surface area (Å²) in [6, 6.07) is 17.5. The van der Waals surface area contributed by atoms with Crippen molar-refractivity contribution in [3.8, 4) is 16.9 Å². The first kappa shape index (κ1) is 21.0. The number of carboxylic acids is 1. The third-order valence-corrected chi connectivity index (χ3v) is 5.20.